The number of halogens is 1. The lowest BCUT2D eigenvalue weighted by Crippen LogP contribution is -2.29. The summed E-state index contributed by atoms with van der Waals surface area (Å²) in [4.78, 5) is 12.3. The Balaban J connectivity index is 2.70. The molecule has 0 aliphatic rings. The molecule has 0 spiro atoms. The molecule has 1 aromatic carbocycles. The Morgan fingerprint density at radius 1 is 1.29 bits per heavy atom. The van der Waals surface area contributed by atoms with E-state index in [0.717, 1.165) is 24.6 Å². The Morgan fingerprint density at radius 2 is 2.05 bits per heavy atom. The number of nitrogens with one attached hydrogen (secondary N) is 1. The maximum atomic E-state index is 12.3. The third-order valence-corrected chi connectivity index (χ3v) is 3.88. The van der Waals surface area contributed by atoms with Crippen molar-refractivity contribution in [2.75, 3.05) is 26.1 Å². The highest BCUT2D eigenvalue weighted by Gasteiger charge is 2.15. The molecule has 118 valence electrons. The van der Waals surface area contributed by atoms with Gasteiger partial charge in [0.25, 0.3) is 5.91 Å². The van der Waals surface area contributed by atoms with Crippen molar-refractivity contribution in [2.45, 2.75) is 26.2 Å². The van der Waals surface area contributed by atoms with Crippen molar-refractivity contribution in [2.24, 2.45) is 5.92 Å². The monoisotopic (exact) mass is 357 g/mol. The van der Waals surface area contributed by atoms with Crippen molar-refractivity contribution in [3.05, 3.63) is 23.8 Å². The van der Waals surface area contributed by atoms with E-state index in [-0.39, 0.29) is 5.91 Å². The largest absolute Gasteiger partial charge is 0.497 e. The molecule has 0 heterocycles. The second kappa shape index (κ2) is 9.66. The molecule has 1 amide bonds. The maximum absolute atomic E-state index is 12.3. The van der Waals surface area contributed by atoms with Crippen molar-refractivity contribution in [3.8, 4) is 11.5 Å². The van der Waals surface area contributed by atoms with Gasteiger partial charge in [0, 0.05) is 17.9 Å². The van der Waals surface area contributed by atoms with Gasteiger partial charge in [-0.1, -0.05) is 29.3 Å². The first-order valence-electron chi connectivity index (χ1n) is 7.22. The first kappa shape index (κ1) is 17.8. The van der Waals surface area contributed by atoms with Crippen LogP contribution in [0.15, 0.2) is 18.2 Å². The summed E-state index contributed by atoms with van der Waals surface area (Å²) in [6.07, 6.45) is 3.30. The highest BCUT2D eigenvalue weighted by Crippen LogP contribution is 2.24. The lowest BCUT2D eigenvalue weighted by atomic mass is 10.0. The van der Waals surface area contributed by atoms with Gasteiger partial charge in [0.2, 0.25) is 0 Å². The summed E-state index contributed by atoms with van der Waals surface area (Å²) in [5.41, 5.74) is 0.535. The van der Waals surface area contributed by atoms with Crippen molar-refractivity contribution in [3.63, 3.8) is 0 Å². The van der Waals surface area contributed by atoms with Crippen LogP contribution in [0, 0.1) is 5.92 Å². The zero-order valence-corrected chi connectivity index (χ0v) is 14.5. The van der Waals surface area contributed by atoms with Gasteiger partial charge >= 0.3 is 0 Å². The zero-order valence-electron chi connectivity index (χ0n) is 12.9. The molecule has 0 bridgehead atoms. The minimum absolute atomic E-state index is 0.106. The predicted molar refractivity (Wildman–Crippen MR) is 88.7 cm³/mol. The molecule has 1 unspecified atom stereocenters. The lowest BCUT2D eigenvalue weighted by molar-refractivity contribution is 0.0943. The molecule has 1 atom stereocenters. The Morgan fingerprint density at radius 3 is 2.62 bits per heavy atom. The minimum atomic E-state index is -0.106. The van der Waals surface area contributed by atoms with Crippen molar-refractivity contribution < 1.29 is 14.3 Å². The molecule has 4 nitrogen and oxygen atoms in total. The number of carbonyl (C=O) groups is 1. The highest BCUT2D eigenvalue weighted by atomic mass is 79.9. The SMILES string of the molecule is CCCC(CCBr)CNC(=O)c1ccc(OC)cc1OC. The third kappa shape index (κ3) is 5.58. The first-order chi connectivity index (χ1) is 10.2. The van der Waals surface area contributed by atoms with Gasteiger partial charge in [-0.3, -0.25) is 4.79 Å². The number of ether oxygens (including phenoxy) is 2. The van der Waals surface area contributed by atoms with Crippen LogP contribution in [0.1, 0.15) is 36.5 Å². The molecule has 5 heteroatoms. The molecule has 0 aromatic heterocycles. The van der Waals surface area contributed by atoms with E-state index in [4.69, 9.17) is 9.47 Å². The summed E-state index contributed by atoms with van der Waals surface area (Å²) in [6, 6.07) is 5.21. The molecule has 0 aliphatic carbocycles. The van der Waals surface area contributed by atoms with Crippen LogP contribution in [-0.2, 0) is 0 Å². The van der Waals surface area contributed by atoms with Crippen LogP contribution in [0.2, 0.25) is 0 Å². The quantitative estimate of drug-likeness (QED) is 0.686. The van der Waals surface area contributed by atoms with Gasteiger partial charge in [0.1, 0.15) is 11.5 Å². The predicted octanol–water partition coefficient (Wildman–Crippen LogP) is 3.63. The van der Waals surface area contributed by atoms with Gasteiger partial charge < -0.3 is 14.8 Å². The Hall–Kier alpha value is -1.23. The van der Waals surface area contributed by atoms with Crippen LogP contribution in [0.4, 0.5) is 0 Å². The molecule has 0 fully saturated rings. The molecule has 1 N–H and O–H groups in total. The van der Waals surface area contributed by atoms with E-state index in [1.54, 1.807) is 32.4 Å². The van der Waals surface area contributed by atoms with E-state index in [9.17, 15) is 4.79 Å². The molecule has 0 saturated heterocycles. The van der Waals surface area contributed by atoms with Crippen LogP contribution in [-0.4, -0.2) is 32.0 Å². The standard InChI is InChI=1S/C16H24BrNO3/c1-4-5-12(8-9-17)11-18-16(19)14-7-6-13(20-2)10-15(14)21-3/h6-7,10,12H,4-5,8-9,11H2,1-3H3,(H,18,19). The maximum Gasteiger partial charge on any atom is 0.255 e. The van der Waals surface area contributed by atoms with Crippen LogP contribution < -0.4 is 14.8 Å². The number of methoxy groups -OCH3 is 2. The third-order valence-electron chi connectivity index (χ3n) is 3.42. The Kier molecular flexibility index (Phi) is 8.20. The fraction of sp³-hybridized carbons (Fsp3) is 0.562. The normalized spacial score (nSPS) is 11.8. The molecular formula is C16H24BrNO3. The number of benzene rings is 1. The molecule has 0 saturated carbocycles. The second-order valence-electron chi connectivity index (χ2n) is 4.91. The zero-order chi connectivity index (χ0) is 15.7. The lowest BCUT2D eigenvalue weighted by Gasteiger charge is -2.16. The molecule has 0 aliphatic heterocycles. The van der Waals surface area contributed by atoms with Gasteiger partial charge in [-0.2, -0.15) is 0 Å². The van der Waals surface area contributed by atoms with Crippen molar-refractivity contribution in [1.82, 2.24) is 5.32 Å². The van der Waals surface area contributed by atoms with E-state index in [0.29, 0.717) is 29.5 Å². The van der Waals surface area contributed by atoms with E-state index < -0.39 is 0 Å². The van der Waals surface area contributed by atoms with Gasteiger partial charge in [-0.05, 0) is 30.9 Å². The molecule has 1 rings (SSSR count). The fourth-order valence-electron chi connectivity index (χ4n) is 2.23. The van der Waals surface area contributed by atoms with E-state index >= 15 is 0 Å². The summed E-state index contributed by atoms with van der Waals surface area (Å²) in [6.45, 7) is 2.85. The molecular weight excluding hydrogens is 334 g/mol. The van der Waals surface area contributed by atoms with Crippen LogP contribution in [0.5, 0.6) is 11.5 Å². The molecule has 0 radical (unpaired) electrons. The van der Waals surface area contributed by atoms with Gasteiger partial charge in [0.15, 0.2) is 0 Å². The van der Waals surface area contributed by atoms with Crippen molar-refractivity contribution in [1.29, 1.82) is 0 Å². The topological polar surface area (TPSA) is 47.6 Å². The van der Waals surface area contributed by atoms with Gasteiger partial charge in [0.05, 0.1) is 19.8 Å². The second-order valence-corrected chi connectivity index (χ2v) is 5.70. The Bertz CT molecular complexity index is 445. The number of hydrogen-bond acceptors (Lipinski definition) is 3. The Labute approximate surface area is 135 Å². The van der Waals surface area contributed by atoms with E-state index in [2.05, 4.69) is 28.2 Å². The smallest absolute Gasteiger partial charge is 0.255 e. The van der Waals surface area contributed by atoms with E-state index in [1.807, 2.05) is 0 Å². The van der Waals surface area contributed by atoms with Crippen LogP contribution in [0.25, 0.3) is 0 Å². The minimum Gasteiger partial charge on any atom is -0.497 e. The summed E-state index contributed by atoms with van der Waals surface area (Å²) < 4.78 is 10.4. The summed E-state index contributed by atoms with van der Waals surface area (Å²) in [7, 11) is 3.14. The number of carbonyl (C=O) groups excluding carboxylic acids is 1. The average molecular weight is 358 g/mol. The summed E-state index contributed by atoms with van der Waals surface area (Å²) in [5, 5.41) is 3.96. The number of hydrogen-bond donors (Lipinski definition) is 1. The number of rotatable bonds is 9. The van der Waals surface area contributed by atoms with Crippen molar-refractivity contribution >= 4 is 21.8 Å². The van der Waals surface area contributed by atoms with Gasteiger partial charge in [-0.25, -0.2) is 0 Å². The summed E-state index contributed by atoms with van der Waals surface area (Å²) in [5.74, 6) is 1.60. The molecule has 21 heavy (non-hydrogen) atoms. The van der Waals surface area contributed by atoms with Gasteiger partial charge in [-0.15, -0.1) is 0 Å². The van der Waals surface area contributed by atoms with E-state index in [1.165, 1.54) is 0 Å². The first-order valence-corrected chi connectivity index (χ1v) is 8.34. The van der Waals surface area contributed by atoms with Crippen LogP contribution >= 0.6 is 15.9 Å². The summed E-state index contributed by atoms with van der Waals surface area (Å²) >= 11 is 3.46. The fourth-order valence-corrected chi connectivity index (χ4v) is 2.88. The molecule has 1 aromatic rings. The number of alkyl halides is 1. The average Bonchev–Trinajstić information content (AvgIpc) is 2.52. The highest BCUT2D eigenvalue weighted by molar-refractivity contribution is 9.09. The van der Waals surface area contributed by atoms with Crippen LogP contribution in [0.3, 0.4) is 0 Å². The number of amides is 1.